The standard InChI is InChI=1S/C25H31N3O/c1-2-3-4-5-6-11-16-28-19-21(18-23-13-8-10-15-25(23)28)17-22-12-7-9-14-24(22)27-26-20-29/h7-10,12-15,18-20,27H,2-6,11,16-17H2,1H3/p+1. The Morgan fingerprint density at radius 2 is 1.69 bits per heavy atom. The zero-order valence-electron chi connectivity index (χ0n) is 17.4. The van der Waals surface area contributed by atoms with Crippen LogP contribution in [0, 0.1) is 0 Å². The first-order valence-electron chi connectivity index (χ1n) is 10.8. The minimum Gasteiger partial charge on any atom is -0.299 e. The third kappa shape index (κ3) is 6.05. The van der Waals surface area contributed by atoms with Crippen molar-refractivity contribution in [2.75, 3.05) is 5.43 Å². The number of hydrogen-bond acceptors (Lipinski definition) is 2. The first-order chi connectivity index (χ1) is 14.3. The van der Waals surface area contributed by atoms with Crippen molar-refractivity contribution in [3.05, 3.63) is 71.9 Å². The van der Waals surface area contributed by atoms with E-state index in [0.717, 1.165) is 24.2 Å². The molecule has 0 saturated heterocycles. The normalized spacial score (nSPS) is 10.8. The van der Waals surface area contributed by atoms with E-state index in [-0.39, 0.29) is 0 Å². The predicted molar refractivity (Wildman–Crippen MR) is 120 cm³/mol. The van der Waals surface area contributed by atoms with E-state index in [0.29, 0.717) is 6.41 Å². The topological polar surface area (TPSA) is 45.0 Å². The monoisotopic (exact) mass is 390 g/mol. The quantitative estimate of drug-likeness (QED) is 0.194. The number of amides is 1. The molecular weight excluding hydrogens is 358 g/mol. The van der Waals surface area contributed by atoms with Crippen molar-refractivity contribution in [3.8, 4) is 0 Å². The van der Waals surface area contributed by atoms with Gasteiger partial charge >= 0.3 is 0 Å². The highest BCUT2D eigenvalue weighted by Crippen LogP contribution is 2.20. The average Bonchev–Trinajstić information content (AvgIpc) is 2.75. The van der Waals surface area contributed by atoms with Crippen molar-refractivity contribution < 1.29 is 9.36 Å². The maximum absolute atomic E-state index is 10.6. The maximum Gasteiger partial charge on any atom is 0.225 e. The van der Waals surface area contributed by atoms with Crippen LogP contribution in [0.2, 0.25) is 0 Å². The Hall–Kier alpha value is -2.88. The van der Waals surface area contributed by atoms with E-state index in [9.17, 15) is 4.79 Å². The second-order valence-corrected chi connectivity index (χ2v) is 7.59. The summed E-state index contributed by atoms with van der Waals surface area (Å²) in [6.45, 7) is 3.31. The van der Waals surface area contributed by atoms with Crippen LogP contribution in [0.25, 0.3) is 10.9 Å². The van der Waals surface area contributed by atoms with Gasteiger partial charge in [0.2, 0.25) is 11.9 Å². The van der Waals surface area contributed by atoms with Gasteiger partial charge in [0.05, 0.1) is 5.69 Å². The minimum absolute atomic E-state index is 0.654. The number of carbonyl (C=O) groups excluding carboxylic acids is 1. The van der Waals surface area contributed by atoms with Gasteiger partial charge in [0.15, 0.2) is 6.20 Å². The van der Waals surface area contributed by atoms with Gasteiger partial charge in [-0.05, 0) is 30.2 Å². The SMILES string of the molecule is CCCCCCCC[n+]1cc(Cc2ccccc2NNC=O)cc2ccccc21. The third-order valence-corrected chi connectivity index (χ3v) is 5.34. The molecule has 1 aromatic heterocycles. The number of para-hydroxylation sites is 2. The van der Waals surface area contributed by atoms with E-state index >= 15 is 0 Å². The Morgan fingerprint density at radius 3 is 2.55 bits per heavy atom. The summed E-state index contributed by atoms with van der Waals surface area (Å²) in [6, 6.07) is 19.0. The zero-order chi connectivity index (χ0) is 20.3. The Balaban J connectivity index is 1.78. The molecule has 0 radical (unpaired) electrons. The highest BCUT2D eigenvalue weighted by molar-refractivity contribution is 5.76. The number of unbranched alkanes of at least 4 members (excludes halogenated alkanes) is 5. The first kappa shape index (κ1) is 20.8. The molecule has 0 aliphatic carbocycles. The summed E-state index contributed by atoms with van der Waals surface area (Å²) < 4.78 is 2.41. The lowest BCUT2D eigenvalue weighted by Crippen LogP contribution is -2.35. The van der Waals surface area contributed by atoms with Gasteiger partial charge in [-0.3, -0.25) is 15.6 Å². The molecule has 0 atom stereocenters. The van der Waals surface area contributed by atoms with E-state index in [1.54, 1.807) is 0 Å². The minimum atomic E-state index is 0.654. The molecule has 0 fully saturated rings. The van der Waals surface area contributed by atoms with E-state index in [1.165, 1.54) is 55.0 Å². The molecule has 2 N–H and O–H groups in total. The number of rotatable bonds is 12. The van der Waals surface area contributed by atoms with E-state index in [1.807, 2.05) is 18.2 Å². The molecule has 29 heavy (non-hydrogen) atoms. The van der Waals surface area contributed by atoms with Crippen LogP contribution >= 0.6 is 0 Å². The molecule has 3 rings (SSSR count). The molecule has 2 aromatic carbocycles. The van der Waals surface area contributed by atoms with Crippen LogP contribution < -0.4 is 15.4 Å². The molecule has 0 bridgehead atoms. The van der Waals surface area contributed by atoms with Crippen molar-refractivity contribution in [1.29, 1.82) is 0 Å². The molecule has 1 amide bonds. The summed E-state index contributed by atoms with van der Waals surface area (Å²) in [5.41, 5.74) is 10.2. The Labute approximate surface area is 173 Å². The van der Waals surface area contributed by atoms with Crippen molar-refractivity contribution in [1.82, 2.24) is 5.43 Å². The summed E-state index contributed by atoms with van der Waals surface area (Å²) in [7, 11) is 0. The molecule has 4 heteroatoms. The van der Waals surface area contributed by atoms with Crippen LogP contribution in [0.1, 0.15) is 56.6 Å². The van der Waals surface area contributed by atoms with E-state index in [4.69, 9.17) is 0 Å². The Kier molecular flexibility index (Phi) is 8.05. The second-order valence-electron chi connectivity index (χ2n) is 7.59. The van der Waals surface area contributed by atoms with Crippen LogP contribution in [0.4, 0.5) is 5.69 Å². The molecule has 0 unspecified atom stereocenters. The highest BCUT2D eigenvalue weighted by Gasteiger charge is 2.12. The number of aromatic nitrogens is 1. The second kappa shape index (κ2) is 11.2. The largest absolute Gasteiger partial charge is 0.299 e. The van der Waals surface area contributed by atoms with E-state index in [2.05, 4.69) is 64.9 Å². The summed E-state index contributed by atoms with van der Waals surface area (Å²) in [6.07, 6.45) is 11.6. The number of fused-ring (bicyclic) bond motifs is 1. The van der Waals surface area contributed by atoms with E-state index < -0.39 is 0 Å². The summed E-state index contributed by atoms with van der Waals surface area (Å²) in [5.74, 6) is 0. The average molecular weight is 391 g/mol. The number of aryl methyl sites for hydroxylation is 1. The fraction of sp³-hybridized carbons (Fsp3) is 0.360. The van der Waals surface area contributed by atoms with Gasteiger partial charge in [0, 0.05) is 29.9 Å². The van der Waals surface area contributed by atoms with Crippen molar-refractivity contribution >= 4 is 23.0 Å². The Bertz CT molecular complexity index is 923. The van der Waals surface area contributed by atoms with Crippen LogP contribution in [-0.2, 0) is 17.8 Å². The molecular formula is C25H32N3O+. The van der Waals surface area contributed by atoms with Gasteiger partial charge in [0.25, 0.3) is 0 Å². The van der Waals surface area contributed by atoms with Gasteiger partial charge in [-0.25, -0.2) is 0 Å². The maximum atomic E-state index is 10.6. The van der Waals surface area contributed by atoms with Gasteiger partial charge in [-0.2, -0.15) is 4.57 Å². The van der Waals surface area contributed by atoms with Gasteiger partial charge in [0.1, 0.15) is 6.54 Å². The molecule has 0 spiro atoms. The third-order valence-electron chi connectivity index (χ3n) is 5.34. The molecule has 1 heterocycles. The first-order valence-corrected chi connectivity index (χ1v) is 10.8. The van der Waals surface area contributed by atoms with Gasteiger partial charge in [-0.15, -0.1) is 0 Å². The number of nitrogens with zero attached hydrogens (tertiary/aromatic N) is 1. The number of hydrogen-bond donors (Lipinski definition) is 2. The highest BCUT2D eigenvalue weighted by atomic mass is 16.1. The van der Waals surface area contributed by atoms with Crippen molar-refractivity contribution in [2.45, 2.75) is 58.4 Å². The van der Waals surface area contributed by atoms with Crippen molar-refractivity contribution in [2.24, 2.45) is 0 Å². The number of carbonyl (C=O) groups is 1. The number of hydrazine groups is 1. The lowest BCUT2D eigenvalue weighted by atomic mass is 10.0. The number of pyridine rings is 1. The smallest absolute Gasteiger partial charge is 0.225 e. The molecule has 152 valence electrons. The lowest BCUT2D eigenvalue weighted by molar-refractivity contribution is -0.672. The molecule has 0 aliphatic rings. The molecule has 0 saturated carbocycles. The lowest BCUT2D eigenvalue weighted by Gasteiger charge is -2.11. The van der Waals surface area contributed by atoms with Crippen molar-refractivity contribution in [3.63, 3.8) is 0 Å². The Morgan fingerprint density at radius 1 is 0.931 bits per heavy atom. The predicted octanol–water partition coefficient (Wildman–Crippen LogP) is 5.15. The molecule has 0 aliphatic heterocycles. The van der Waals surface area contributed by atoms with Gasteiger partial charge in [-0.1, -0.05) is 62.9 Å². The number of anilines is 1. The van der Waals surface area contributed by atoms with Crippen LogP contribution in [0.15, 0.2) is 60.8 Å². The van der Waals surface area contributed by atoms with Gasteiger partial charge < -0.3 is 0 Å². The van der Waals surface area contributed by atoms with Crippen LogP contribution in [0.5, 0.6) is 0 Å². The number of benzene rings is 2. The van der Waals surface area contributed by atoms with Crippen LogP contribution in [-0.4, -0.2) is 6.41 Å². The fourth-order valence-electron chi connectivity index (χ4n) is 3.85. The number of nitrogens with one attached hydrogen (secondary N) is 2. The molecule has 4 nitrogen and oxygen atoms in total. The summed E-state index contributed by atoms with van der Waals surface area (Å²) >= 11 is 0. The fourth-order valence-corrected chi connectivity index (χ4v) is 3.85. The molecule has 3 aromatic rings. The summed E-state index contributed by atoms with van der Waals surface area (Å²) in [5, 5.41) is 1.27. The van der Waals surface area contributed by atoms with Crippen LogP contribution in [0.3, 0.4) is 0 Å². The summed E-state index contributed by atoms with van der Waals surface area (Å²) in [4.78, 5) is 10.6. The zero-order valence-corrected chi connectivity index (χ0v) is 17.4.